The van der Waals surface area contributed by atoms with Crippen molar-refractivity contribution < 1.29 is 9.59 Å². The van der Waals surface area contributed by atoms with E-state index >= 15 is 0 Å². The van der Waals surface area contributed by atoms with Gasteiger partial charge in [0.25, 0.3) is 11.1 Å². The topological polar surface area (TPSA) is 50.3 Å². The van der Waals surface area contributed by atoms with E-state index in [1.54, 1.807) is 54.9 Å². The lowest BCUT2D eigenvalue weighted by Crippen LogP contribution is -2.27. The quantitative estimate of drug-likeness (QED) is 0.786. The molecule has 104 valence electrons. The molecule has 6 heteroatoms. The highest BCUT2D eigenvalue weighted by atomic mass is 35.5. The lowest BCUT2D eigenvalue weighted by Gasteiger charge is -2.12. The molecule has 0 aliphatic carbocycles. The van der Waals surface area contributed by atoms with Crippen LogP contribution in [0, 0.1) is 0 Å². The number of carbonyl (C=O) groups is 2. The fourth-order valence-corrected chi connectivity index (χ4v) is 2.94. The molecule has 0 N–H and O–H groups in total. The van der Waals surface area contributed by atoms with Crippen LogP contribution in [0.5, 0.6) is 0 Å². The van der Waals surface area contributed by atoms with Crippen LogP contribution in [-0.2, 0) is 4.79 Å². The van der Waals surface area contributed by atoms with Crippen LogP contribution < -0.4 is 4.90 Å². The first-order valence-electron chi connectivity index (χ1n) is 6.09. The number of aromatic nitrogens is 1. The molecule has 2 heterocycles. The molecule has 0 spiro atoms. The van der Waals surface area contributed by atoms with Crippen molar-refractivity contribution in [3.05, 3.63) is 64.3 Å². The van der Waals surface area contributed by atoms with E-state index in [2.05, 4.69) is 4.98 Å². The average molecular weight is 317 g/mol. The van der Waals surface area contributed by atoms with Crippen LogP contribution in [0.15, 0.2) is 53.7 Å². The molecule has 4 nitrogen and oxygen atoms in total. The highest BCUT2D eigenvalue weighted by Crippen LogP contribution is 2.36. The van der Waals surface area contributed by atoms with Crippen LogP contribution in [0.25, 0.3) is 6.08 Å². The molecule has 0 unspecified atom stereocenters. The third-order valence-corrected chi connectivity index (χ3v) is 3.97. The highest BCUT2D eigenvalue weighted by molar-refractivity contribution is 8.19. The van der Waals surface area contributed by atoms with Gasteiger partial charge in [0.1, 0.15) is 0 Å². The van der Waals surface area contributed by atoms with Gasteiger partial charge in [-0.2, -0.15) is 0 Å². The number of hydrogen-bond acceptors (Lipinski definition) is 4. The molecule has 1 fully saturated rings. The molecule has 1 aromatic carbocycles. The summed E-state index contributed by atoms with van der Waals surface area (Å²) in [6.45, 7) is 0. The number of benzene rings is 1. The Bertz CT molecular complexity index is 746. The van der Waals surface area contributed by atoms with E-state index in [0.29, 0.717) is 15.6 Å². The predicted molar refractivity (Wildman–Crippen MR) is 84.1 cm³/mol. The summed E-state index contributed by atoms with van der Waals surface area (Å²) in [6.07, 6.45) is 4.94. The molecule has 0 radical (unpaired) electrons. The number of amides is 2. The summed E-state index contributed by atoms with van der Waals surface area (Å²) in [6, 6.07) is 10.2. The van der Waals surface area contributed by atoms with Crippen LogP contribution in [-0.4, -0.2) is 16.1 Å². The van der Waals surface area contributed by atoms with E-state index in [4.69, 9.17) is 11.6 Å². The summed E-state index contributed by atoms with van der Waals surface area (Å²) in [7, 11) is 0. The monoisotopic (exact) mass is 316 g/mol. The molecule has 1 saturated heterocycles. The van der Waals surface area contributed by atoms with E-state index in [-0.39, 0.29) is 11.1 Å². The van der Waals surface area contributed by atoms with E-state index in [9.17, 15) is 9.59 Å². The maximum Gasteiger partial charge on any atom is 0.298 e. The summed E-state index contributed by atoms with van der Waals surface area (Å²) >= 11 is 6.82. The number of thioether (sulfide) groups is 1. The second kappa shape index (κ2) is 5.71. The number of halogens is 1. The number of hydrogen-bond donors (Lipinski definition) is 0. The predicted octanol–water partition coefficient (Wildman–Crippen LogP) is 3.98. The number of pyridine rings is 1. The summed E-state index contributed by atoms with van der Waals surface area (Å²) in [4.78, 5) is 29.9. The minimum absolute atomic E-state index is 0.331. The fraction of sp³-hybridized carbons (Fsp3) is 0. The lowest BCUT2D eigenvalue weighted by atomic mass is 10.2. The lowest BCUT2D eigenvalue weighted by molar-refractivity contribution is -0.113. The van der Waals surface area contributed by atoms with Crippen molar-refractivity contribution in [2.24, 2.45) is 0 Å². The van der Waals surface area contributed by atoms with Crippen molar-refractivity contribution in [3.63, 3.8) is 0 Å². The molecule has 0 atom stereocenters. The molecule has 1 aromatic heterocycles. The Balaban J connectivity index is 1.94. The Hall–Kier alpha value is -2.11. The number of carbonyl (C=O) groups excluding carboxylic acids is 2. The third kappa shape index (κ3) is 2.84. The zero-order valence-electron chi connectivity index (χ0n) is 10.7. The van der Waals surface area contributed by atoms with Gasteiger partial charge in [-0.25, -0.2) is 4.90 Å². The molecule has 21 heavy (non-hydrogen) atoms. The van der Waals surface area contributed by atoms with Gasteiger partial charge in [0.05, 0.1) is 10.6 Å². The van der Waals surface area contributed by atoms with E-state index in [1.807, 2.05) is 0 Å². The molecule has 3 rings (SSSR count). The van der Waals surface area contributed by atoms with Crippen molar-refractivity contribution in [3.8, 4) is 0 Å². The zero-order valence-corrected chi connectivity index (χ0v) is 12.3. The van der Waals surface area contributed by atoms with Crippen LogP contribution >= 0.6 is 23.4 Å². The van der Waals surface area contributed by atoms with Gasteiger partial charge in [-0.3, -0.25) is 14.6 Å². The van der Waals surface area contributed by atoms with Crippen molar-refractivity contribution in [2.45, 2.75) is 0 Å². The first-order valence-corrected chi connectivity index (χ1v) is 7.28. The van der Waals surface area contributed by atoms with E-state index in [1.165, 1.54) is 0 Å². The van der Waals surface area contributed by atoms with Gasteiger partial charge in [0, 0.05) is 17.4 Å². The van der Waals surface area contributed by atoms with Gasteiger partial charge >= 0.3 is 0 Å². The molecule has 1 aliphatic rings. The van der Waals surface area contributed by atoms with E-state index < -0.39 is 0 Å². The minimum atomic E-state index is -0.343. The molecular weight excluding hydrogens is 308 g/mol. The Morgan fingerprint density at radius 2 is 1.90 bits per heavy atom. The van der Waals surface area contributed by atoms with Gasteiger partial charge in [0.15, 0.2) is 0 Å². The third-order valence-electron chi connectivity index (χ3n) is 2.86. The van der Waals surface area contributed by atoms with Crippen molar-refractivity contribution in [1.29, 1.82) is 0 Å². The fourth-order valence-electron chi connectivity index (χ4n) is 1.92. The maximum absolute atomic E-state index is 12.4. The molecule has 0 saturated carbocycles. The van der Waals surface area contributed by atoms with Gasteiger partial charge in [-0.15, -0.1) is 0 Å². The zero-order chi connectivity index (χ0) is 14.8. The second-order valence-electron chi connectivity index (χ2n) is 4.28. The molecule has 2 aromatic rings. The smallest absolute Gasteiger partial charge is 0.268 e. The Morgan fingerprint density at radius 1 is 1.14 bits per heavy atom. The van der Waals surface area contributed by atoms with Crippen LogP contribution in [0.1, 0.15) is 5.56 Å². The minimum Gasteiger partial charge on any atom is -0.268 e. The summed E-state index contributed by atoms with van der Waals surface area (Å²) in [5, 5.41) is 0.146. The number of imide groups is 1. The van der Waals surface area contributed by atoms with Gasteiger partial charge < -0.3 is 0 Å². The number of rotatable bonds is 2. The van der Waals surface area contributed by atoms with Crippen molar-refractivity contribution in [1.82, 2.24) is 4.98 Å². The molecule has 1 aliphatic heterocycles. The second-order valence-corrected chi connectivity index (χ2v) is 5.71. The Labute approximate surface area is 130 Å². The van der Waals surface area contributed by atoms with Crippen molar-refractivity contribution >= 4 is 46.3 Å². The summed E-state index contributed by atoms with van der Waals surface area (Å²) in [5.41, 5.74) is 1.30. The van der Waals surface area contributed by atoms with Crippen LogP contribution in [0.2, 0.25) is 5.02 Å². The number of nitrogens with zero attached hydrogens (tertiary/aromatic N) is 2. The highest BCUT2D eigenvalue weighted by Gasteiger charge is 2.36. The summed E-state index contributed by atoms with van der Waals surface area (Å²) < 4.78 is 0. The average Bonchev–Trinajstić information content (AvgIpc) is 2.74. The van der Waals surface area contributed by atoms with Crippen LogP contribution in [0.4, 0.5) is 10.5 Å². The molecular formula is C15H9ClN2O2S. The van der Waals surface area contributed by atoms with Gasteiger partial charge in [0.2, 0.25) is 0 Å². The standard InChI is InChI=1S/C15H9ClN2O2S/c16-11-2-1-3-12(9-11)18-14(19)13(21-15(18)20)8-10-4-6-17-7-5-10/h1-9H. The molecule has 2 amide bonds. The Morgan fingerprint density at radius 3 is 2.62 bits per heavy atom. The van der Waals surface area contributed by atoms with Crippen molar-refractivity contribution in [2.75, 3.05) is 4.90 Å². The summed E-state index contributed by atoms with van der Waals surface area (Å²) in [5.74, 6) is -0.343. The maximum atomic E-state index is 12.4. The largest absolute Gasteiger partial charge is 0.298 e. The molecule has 0 bridgehead atoms. The first kappa shape index (κ1) is 13.9. The van der Waals surface area contributed by atoms with E-state index in [0.717, 1.165) is 22.2 Å². The SMILES string of the molecule is O=C1SC(=Cc2ccncc2)C(=O)N1c1cccc(Cl)c1. The van der Waals surface area contributed by atoms with Gasteiger partial charge in [-0.05, 0) is 53.7 Å². The normalized spacial score (nSPS) is 16.8. The number of anilines is 1. The Kier molecular flexibility index (Phi) is 3.77. The van der Waals surface area contributed by atoms with Crippen LogP contribution in [0.3, 0.4) is 0 Å². The van der Waals surface area contributed by atoms with Gasteiger partial charge in [-0.1, -0.05) is 17.7 Å². The first-order chi connectivity index (χ1) is 10.1.